The van der Waals surface area contributed by atoms with Crippen LogP contribution < -0.4 is 0 Å². The summed E-state index contributed by atoms with van der Waals surface area (Å²) in [7, 11) is 0. The second-order valence-electron chi connectivity index (χ2n) is 4.42. The number of benzene rings is 2. The van der Waals surface area contributed by atoms with Crippen LogP contribution in [0.3, 0.4) is 0 Å². The van der Waals surface area contributed by atoms with E-state index in [2.05, 4.69) is 4.98 Å². The smallest absolute Gasteiger partial charge is 0.0899 e. The number of rotatable bonds is 1. The summed E-state index contributed by atoms with van der Waals surface area (Å²) in [6.45, 7) is 1.98. The van der Waals surface area contributed by atoms with Crippen molar-refractivity contribution < 1.29 is 0 Å². The number of hydrogen-bond acceptors (Lipinski definition) is 1. The van der Waals surface area contributed by atoms with Gasteiger partial charge in [-0.2, -0.15) is 0 Å². The largest absolute Gasteiger partial charge is 0.246 e. The van der Waals surface area contributed by atoms with Crippen molar-refractivity contribution >= 4 is 34.1 Å². The Morgan fingerprint density at radius 1 is 0.895 bits per heavy atom. The van der Waals surface area contributed by atoms with Crippen LogP contribution in [0.15, 0.2) is 48.5 Å². The molecule has 0 N–H and O–H groups in total. The lowest BCUT2D eigenvalue weighted by atomic mass is 10.1. The quantitative estimate of drug-likeness (QED) is 0.574. The molecule has 19 heavy (non-hydrogen) atoms. The van der Waals surface area contributed by atoms with Gasteiger partial charge in [0.2, 0.25) is 0 Å². The number of fused-ring (bicyclic) bond motifs is 1. The highest BCUT2D eigenvalue weighted by Gasteiger charge is 2.09. The zero-order chi connectivity index (χ0) is 13.4. The van der Waals surface area contributed by atoms with Gasteiger partial charge in [-0.3, -0.25) is 0 Å². The monoisotopic (exact) mass is 287 g/mol. The Balaban J connectivity index is 2.28. The van der Waals surface area contributed by atoms with Crippen molar-refractivity contribution in [2.45, 2.75) is 6.92 Å². The average molecular weight is 288 g/mol. The number of pyridine rings is 1. The van der Waals surface area contributed by atoms with Crippen LogP contribution >= 0.6 is 23.2 Å². The van der Waals surface area contributed by atoms with Crippen LogP contribution in [0.25, 0.3) is 22.2 Å². The predicted octanol–water partition coefficient (Wildman–Crippen LogP) is 5.52. The highest BCUT2D eigenvalue weighted by atomic mass is 35.5. The van der Waals surface area contributed by atoms with E-state index < -0.39 is 0 Å². The molecule has 3 rings (SSSR count). The van der Waals surface area contributed by atoms with Gasteiger partial charge in [0.05, 0.1) is 16.2 Å². The Bertz CT molecular complexity index is 752. The minimum Gasteiger partial charge on any atom is -0.246 e. The fourth-order valence-corrected chi connectivity index (χ4v) is 2.65. The molecule has 1 nitrogen and oxygen atoms in total. The third kappa shape index (κ3) is 2.20. The fraction of sp³-hybridized carbons (Fsp3) is 0.0625. The molecule has 1 heterocycles. The topological polar surface area (TPSA) is 12.9 Å². The lowest BCUT2D eigenvalue weighted by molar-refractivity contribution is 1.38. The van der Waals surface area contributed by atoms with E-state index in [4.69, 9.17) is 23.2 Å². The molecule has 3 aromatic rings. The first-order chi connectivity index (χ1) is 9.16. The van der Waals surface area contributed by atoms with Crippen LogP contribution in [0.1, 0.15) is 5.56 Å². The maximum Gasteiger partial charge on any atom is 0.0899 e. The lowest BCUT2D eigenvalue weighted by Gasteiger charge is -2.08. The minimum atomic E-state index is 0.586. The maximum atomic E-state index is 6.25. The highest BCUT2D eigenvalue weighted by molar-refractivity contribution is 6.38. The van der Waals surface area contributed by atoms with Crippen LogP contribution in [0.5, 0.6) is 0 Å². The highest BCUT2D eigenvalue weighted by Crippen LogP contribution is 2.32. The van der Waals surface area contributed by atoms with Crippen LogP contribution in [0, 0.1) is 6.92 Å². The third-order valence-electron chi connectivity index (χ3n) is 3.21. The molecule has 94 valence electrons. The van der Waals surface area contributed by atoms with Gasteiger partial charge >= 0.3 is 0 Å². The van der Waals surface area contributed by atoms with E-state index >= 15 is 0 Å². The van der Waals surface area contributed by atoms with Crippen LogP contribution in [0.2, 0.25) is 10.0 Å². The van der Waals surface area contributed by atoms with Crippen molar-refractivity contribution in [3.63, 3.8) is 0 Å². The van der Waals surface area contributed by atoms with Crippen LogP contribution in [0.4, 0.5) is 0 Å². The summed E-state index contributed by atoms with van der Waals surface area (Å²) >= 11 is 12.4. The Morgan fingerprint density at radius 2 is 1.63 bits per heavy atom. The molecule has 0 amide bonds. The molecular weight excluding hydrogens is 277 g/mol. The molecule has 3 heteroatoms. The molecule has 0 saturated carbocycles. The summed E-state index contributed by atoms with van der Waals surface area (Å²) in [6, 6.07) is 15.8. The molecule has 0 spiro atoms. The van der Waals surface area contributed by atoms with E-state index in [9.17, 15) is 0 Å². The molecule has 0 radical (unpaired) electrons. The van der Waals surface area contributed by atoms with Gasteiger partial charge in [0.1, 0.15) is 0 Å². The lowest BCUT2D eigenvalue weighted by Crippen LogP contribution is -1.89. The Morgan fingerprint density at radius 3 is 2.37 bits per heavy atom. The van der Waals surface area contributed by atoms with E-state index in [0.717, 1.165) is 27.7 Å². The van der Waals surface area contributed by atoms with Gasteiger partial charge in [-0.15, -0.1) is 0 Å². The normalized spacial score (nSPS) is 10.9. The second kappa shape index (κ2) is 4.84. The van der Waals surface area contributed by atoms with Crippen LogP contribution in [-0.2, 0) is 0 Å². The molecule has 0 bridgehead atoms. The minimum absolute atomic E-state index is 0.586. The molecule has 0 aliphatic heterocycles. The van der Waals surface area contributed by atoms with Crippen molar-refractivity contribution in [1.82, 2.24) is 4.98 Å². The molecule has 0 unspecified atom stereocenters. The zero-order valence-corrected chi connectivity index (χ0v) is 11.8. The van der Waals surface area contributed by atoms with E-state index in [1.165, 1.54) is 0 Å². The number of halogens is 2. The Labute approximate surface area is 121 Å². The predicted molar refractivity (Wildman–Crippen MR) is 81.9 cm³/mol. The number of nitrogens with zero attached hydrogens (tertiary/aromatic N) is 1. The molecule has 0 aliphatic carbocycles. The summed E-state index contributed by atoms with van der Waals surface area (Å²) in [4.78, 5) is 4.66. The van der Waals surface area contributed by atoms with Crippen molar-refractivity contribution in [1.29, 1.82) is 0 Å². The number of aryl methyl sites for hydroxylation is 1. The maximum absolute atomic E-state index is 6.25. The first-order valence-electron chi connectivity index (χ1n) is 5.97. The fourth-order valence-electron chi connectivity index (χ4n) is 2.13. The Hall–Kier alpha value is -1.57. The standard InChI is InChI=1S/C16H11Cl2N/c1-10-12-7-8-15(11-5-3-2-4-6-11)19-16(12)14(18)9-13(10)17/h2-9H,1H3. The van der Waals surface area contributed by atoms with Crippen molar-refractivity contribution in [2.75, 3.05) is 0 Å². The molecular formula is C16H11Cl2N. The summed E-state index contributed by atoms with van der Waals surface area (Å²) in [6.07, 6.45) is 0. The second-order valence-corrected chi connectivity index (χ2v) is 5.24. The van der Waals surface area contributed by atoms with Gasteiger partial charge in [-0.1, -0.05) is 59.6 Å². The zero-order valence-electron chi connectivity index (χ0n) is 10.3. The Kier molecular flexibility index (Phi) is 3.17. The molecule has 0 saturated heterocycles. The first-order valence-corrected chi connectivity index (χ1v) is 6.73. The number of hydrogen-bond donors (Lipinski definition) is 0. The summed E-state index contributed by atoms with van der Waals surface area (Å²) < 4.78 is 0. The van der Waals surface area contributed by atoms with Crippen LogP contribution in [-0.4, -0.2) is 4.98 Å². The van der Waals surface area contributed by atoms with E-state index in [0.29, 0.717) is 10.0 Å². The van der Waals surface area contributed by atoms with E-state index in [1.807, 2.05) is 49.4 Å². The van der Waals surface area contributed by atoms with E-state index in [-0.39, 0.29) is 0 Å². The van der Waals surface area contributed by atoms with Gasteiger partial charge in [-0.05, 0) is 24.6 Å². The summed E-state index contributed by atoms with van der Waals surface area (Å²) in [5.74, 6) is 0. The molecule has 2 aromatic carbocycles. The SMILES string of the molecule is Cc1c(Cl)cc(Cl)c2nc(-c3ccccc3)ccc12. The average Bonchev–Trinajstić information content (AvgIpc) is 2.45. The van der Waals surface area contributed by atoms with Crippen molar-refractivity contribution in [3.05, 3.63) is 64.1 Å². The van der Waals surface area contributed by atoms with Crippen molar-refractivity contribution in [3.8, 4) is 11.3 Å². The van der Waals surface area contributed by atoms with Gasteiger partial charge < -0.3 is 0 Å². The first kappa shape index (κ1) is 12.5. The van der Waals surface area contributed by atoms with E-state index in [1.54, 1.807) is 6.07 Å². The molecule has 1 aromatic heterocycles. The molecule has 0 aliphatic rings. The summed E-state index contributed by atoms with van der Waals surface area (Å²) in [5, 5.41) is 2.26. The molecule has 0 atom stereocenters. The van der Waals surface area contributed by atoms with Gasteiger partial charge in [0, 0.05) is 16.0 Å². The summed E-state index contributed by atoms with van der Waals surface area (Å²) in [5.41, 5.74) is 3.79. The van der Waals surface area contributed by atoms with Gasteiger partial charge in [-0.25, -0.2) is 4.98 Å². The van der Waals surface area contributed by atoms with Crippen molar-refractivity contribution in [2.24, 2.45) is 0 Å². The molecule has 0 fully saturated rings. The van der Waals surface area contributed by atoms with Gasteiger partial charge in [0.25, 0.3) is 0 Å². The third-order valence-corrected chi connectivity index (χ3v) is 3.89. The number of aromatic nitrogens is 1. The van der Waals surface area contributed by atoms with Gasteiger partial charge in [0.15, 0.2) is 0 Å².